The van der Waals surface area contributed by atoms with Gasteiger partial charge in [-0.2, -0.15) is 0 Å². The summed E-state index contributed by atoms with van der Waals surface area (Å²) in [5, 5.41) is 11.8. The first kappa shape index (κ1) is 21.5. The van der Waals surface area contributed by atoms with Crippen molar-refractivity contribution in [2.45, 2.75) is 77.4 Å². The van der Waals surface area contributed by atoms with Gasteiger partial charge in [0, 0.05) is 24.9 Å². The van der Waals surface area contributed by atoms with Crippen LogP contribution in [0, 0.1) is 0 Å². The van der Waals surface area contributed by atoms with E-state index in [1.165, 1.54) is 0 Å². The molecule has 0 fully saturated rings. The highest BCUT2D eigenvalue weighted by molar-refractivity contribution is 5.77. The van der Waals surface area contributed by atoms with Gasteiger partial charge in [-0.15, -0.1) is 0 Å². The number of Topliss-reactive ketones (excluding diaryl/α,β-unsaturated/α-hetero) is 1. The Kier molecular flexibility index (Phi) is 11.2. The molecular formula is C17H30N2O4. The Balaban J connectivity index is 4.41. The normalized spacial score (nSPS) is 15.7. The number of nitrogens with two attached hydrogens (primary N) is 1. The van der Waals surface area contributed by atoms with Crippen molar-refractivity contribution in [2.24, 2.45) is 5.73 Å². The Bertz CT molecular complexity index is 421. The van der Waals surface area contributed by atoms with Crippen molar-refractivity contribution >= 4 is 18.0 Å². The Labute approximate surface area is 138 Å². The number of aldehydes is 1. The number of carboxylic acid groups (broad SMARTS) is 1. The molecule has 0 saturated carbocycles. The van der Waals surface area contributed by atoms with Crippen LogP contribution >= 0.6 is 0 Å². The first-order valence-corrected chi connectivity index (χ1v) is 8.13. The number of carboxylic acids is 1. The molecule has 0 bridgehead atoms. The second-order valence-electron chi connectivity index (χ2n) is 6.02. The van der Waals surface area contributed by atoms with E-state index in [-0.39, 0.29) is 30.7 Å². The summed E-state index contributed by atoms with van der Waals surface area (Å²) in [6.45, 7) is 5.52. The van der Waals surface area contributed by atoms with Gasteiger partial charge in [-0.05, 0) is 39.5 Å². The van der Waals surface area contributed by atoms with Crippen molar-refractivity contribution in [3.8, 4) is 0 Å². The summed E-state index contributed by atoms with van der Waals surface area (Å²) in [7, 11) is 0. The van der Waals surface area contributed by atoms with Crippen LogP contribution in [0.3, 0.4) is 0 Å². The number of ketones is 1. The molecule has 0 aliphatic rings. The Morgan fingerprint density at radius 3 is 2.35 bits per heavy atom. The summed E-state index contributed by atoms with van der Waals surface area (Å²) in [5.74, 6) is -0.781. The summed E-state index contributed by atoms with van der Waals surface area (Å²) in [6.07, 6.45) is 5.63. The van der Waals surface area contributed by atoms with Crippen LogP contribution in [0.15, 0.2) is 11.6 Å². The summed E-state index contributed by atoms with van der Waals surface area (Å²) in [4.78, 5) is 32.6. The van der Waals surface area contributed by atoms with Crippen molar-refractivity contribution < 1.29 is 19.5 Å². The molecule has 0 amide bonds. The molecule has 0 aromatic rings. The van der Waals surface area contributed by atoms with Gasteiger partial charge in [-0.3, -0.25) is 9.59 Å². The number of carbonyl (C=O) groups is 3. The fourth-order valence-corrected chi connectivity index (χ4v) is 2.30. The third-order valence-corrected chi connectivity index (χ3v) is 3.83. The lowest BCUT2D eigenvalue weighted by molar-refractivity contribution is -0.137. The first-order valence-electron chi connectivity index (χ1n) is 8.13. The minimum absolute atomic E-state index is 0.0420. The van der Waals surface area contributed by atoms with Gasteiger partial charge in [0.2, 0.25) is 0 Å². The maximum Gasteiger partial charge on any atom is 0.303 e. The van der Waals surface area contributed by atoms with Crippen LogP contribution in [-0.2, 0) is 14.4 Å². The molecule has 6 nitrogen and oxygen atoms in total. The Morgan fingerprint density at radius 2 is 1.87 bits per heavy atom. The van der Waals surface area contributed by atoms with Crippen LogP contribution < -0.4 is 11.1 Å². The third kappa shape index (κ3) is 10.8. The number of aliphatic carboxylic acids is 1. The number of hydrogen-bond acceptors (Lipinski definition) is 5. The van der Waals surface area contributed by atoms with Crippen molar-refractivity contribution in [1.82, 2.24) is 5.32 Å². The minimum Gasteiger partial charge on any atom is -0.481 e. The molecule has 0 spiro atoms. The van der Waals surface area contributed by atoms with E-state index in [2.05, 4.69) is 5.32 Å². The average Bonchev–Trinajstić information content (AvgIpc) is 2.50. The molecule has 4 N–H and O–H groups in total. The molecule has 0 aliphatic heterocycles. The van der Waals surface area contributed by atoms with Crippen molar-refractivity contribution in [3.05, 3.63) is 11.6 Å². The van der Waals surface area contributed by atoms with Crippen LogP contribution in [0.1, 0.15) is 59.3 Å². The van der Waals surface area contributed by atoms with Crippen molar-refractivity contribution in [2.75, 3.05) is 0 Å². The molecule has 0 radical (unpaired) electrons. The van der Waals surface area contributed by atoms with Crippen LogP contribution in [0.5, 0.6) is 0 Å². The van der Waals surface area contributed by atoms with Crippen LogP contribution in [0.4, 0.5) is 0 Å². The quantitative estimate of drug-likeness (QED) is 0.352. The summed E-state index contributed by atoms with van der Waals surface area (Å²) in [5.41, 5.74) is 7.33. The van der Waals surface area contributed by atoms with Crippen LogP contribution in [-0.4, -0.2) is 41.3 Å². The SMILES string of the molecule is CCC(NC(C=O)CCC(=O)O)C(N)CC/C(C)=C/CC(C)=O. The molecule has 0 aliphatic carbocycles. The van der Waals surface area contributed by atoms with Gasteiger partial charge in [-0.25, -0.2) is 0 Å². The molecule has 3 atom stereocenters. The smallest absolute Gasteiger partial charge is 0.303 e. The van der Waals surface area contributed by atoms with E-state index in [0.29, 0.717) is 6.42 Å². The molecular weight excluding hydrogens is 296 g/mol. The predicted molar refractivity (Wildman–Crippen MR) is 90.2 cm³/mol. The lowest BCUT2D eigenvalue weighted by Crippen LogP contribution is -2.49. The highest BCUT2D eigenvalue weighted by Crippen LogP contribution is 2.12. The van der Waals surface area contributed by atoms with E-state index in [1.54, 1.807) is 6.92 Å². The van der Waals surface area contributed by atoms with Crippen molar-refractivity contribution in [3.63, 3.8) is 0 Å². The molecule has 132 valence electrons. The van der Waals surface area contributed by atoms with Gasteiger partial charge >= 0.3 is 5.97 Å². The summed E-state index contributed by atoms with van der Waals surface area (Å²) < 4.78 is 0. The van der Waals surface area contributed by atoms with Crippen LogP contribution in [0.25, 0.3) is 0 Å². The molecule has 23 heavy (non-hydrogen) atoms. The fraction of sp³-hybridized carbons (Fsp3) is 0.706. The standard InChI is InChI=1S/C17H30N2O4/c1-4-16(19-14(11-20)8-10-17(22)23)15(18)9-6-12(2)5-7-13(3)21/h5,11,14-16,19H,4,6-10,18H2,1-3H3,(H,22,23)/b12-5+. The molecule has 6 heteroatoms. The van der Waals surface area contributed by atoms with E-state index < -0.39 is 12.0 Å². The van der Waals surface area contributed by atoms with Gasteiger partial charge in [0.1, 0.15) is 12.1 Å². The van der Waals surface area contributed by atoms with Gasteiger partial charge in [0.05, 0.1) is 6.04 Å². The van der Waals surface area contributed by atoms with Crippen molar-refractivity contribution in [1.29, 1.82) is 0 Å². The minimum atomic E-state index is -0.915. The zero-order valence-electron chi connectivity index (χ0n) is 14.4. The number of rotatable bonds is 13. The zero-order chi connectivity index (χ0) is 17.8. The predicted octanol–water partition coefficient (Wildman–Crippen LogP) is 1.82. The van der Waals surface area contributed by atoms with Gasteiger partial charge in [0.25, 0.3) is 0 Å². The van der Waals surface area contributed by atoms with E-state index in [4.69, 9.17) is 10.8 Å². The fourth-order valence-electron chi connectivity index (χ4n) is 2.30. The molecule has 0 aromatic heterocycles. The molecule has 0 heterocycles. The number of hydrogen-bond donors (Lipinski definition) is 3. The molecule has 0 aromatic carbocycles. The Hall–Kier alpha value is -1.53. The molecule has 0 saturated heterocycles. The molecule has 0 rings (SSSR count). The monoisotopic (exact) mass is 326 g/mol. The Morgan fingerprint density at radius 1 is 1.22 bits per heavy atom. The first-order chi connectivity index (χ1) is 10.8. The van der Waals surface area contributed by atoms with E-state index in [1.807, 2.05) is 19.9 Å². The molecule has 3 unspecified atom stereocenters. The van der Waals surface area contributed by atoms with Gasteiger partial charge in [0.15, 0.2) is 0 Å². The van der Waals surface area contributed by atoms with Crippen LogP contribution in [0.2, 0.25) is 0 Å². The van der Waals surface area contributed by atoms with E-state index >= 15 is 0 Å². The maximum atomic E-state index is 11.1. The van der Waals surface area contributed by atoms with Gasteiger partial charge in [-0.1, -0.05) is 18.6 Å². The number of carbonyl (C=O) groups excluding carboxylic acids is 2. The summed E-state index contributed by atoms with van der Waals surface area (Å²) >= 11 is 0. The largest absolute Gasteiger partial charge is 0.481 e. The second-order valence-corrected chi connectivity index (χ2v) is 6.02. The third-order valence-electron chi connectivity index (χ3n) is 3.83. The number of allylic oxidation sites excluding steroid dienone is 2. The van der Waals surface area contributed by atoms with Gasteiger partial charge < -0.3 is 21.0 Å². The highest BCUT2D eigenvalue weighted by Gasteiger charge is 2.20. The average molecular weight is 326 g/mol. The topological polar surface area (TPSA) is 109 Å². The summed E-state index contributed by atoms with van der Waals surface area (Å²) in [6, 6.07) is -0.663. The second kappa shape index (κ2) is 12.0. The highest BCUT2D eigenvalue weighted by atomic mass is 16.4. The van der Waals surface area contributed by atoms with E-state index in [0.717, 1.165) is 31.1 Å². The maximum absolute atomic E-state index is 11.1. The lowest BCUT2D eigenvalue weighted by atomic mass is 9.97. The number of nitrogens with one attached hydrogen (secondary N) is 1. The van der Waals surface area contributed by atoms with E-state index in [9.17, 15) is 14.4 Å². The zero-order valence-corrected chi connectivity index (χ0v) is 14.4. The lowest BCUT2D eigenvalue weighted by Gasteiger charge is -2.27.